The van der Waals surface area contributed by atoms with Crippen LogP contribution in [-0.4, -0.2) is 66.9 Å². The van der Waals surface area contributed by atoms with Crippen molar-refractivity contribution in [3.63, 3.8) is 0 Å². The van der Waals surface area contributed by atoms with Crippen molar-refractivity contribution in [1.29, 1.82) is 0 Å². The molecule has 0 radical (unpaired) electrons. The molecule has 0 atom stereocenters. The minimum absolute atomic E-state index is 0.00495. The number of rotatable bonds is 6. The molecule has 4 rings (SSSR count). The van der Waals surface area contributed by atoms with E-state index < -0.39 is 0 Å². The van der Waals surface area contributed by atoms with Gasteiger partial charge in [0.25, 0.3) is 0 Å². The van der Waals surface area contributed by atoms with E-state index in [2.05, 4.69) is 5.32 Å². The van der Waals surface area contributed by atoms with Gasteiger partial charge in [-0.15, -0.1) is 0 Å². The number of anilines is 1. The first-order chi connectivity index (χ1) is 14.5. The zero-order valence-electron chi connectivity index (χ0n) is 17.4. The van der Waals surface area contributed by atoms with Crippen molar-refractivity contribution in [1.82, 2.24) is 9.80 Å². The Bertz CT molecular complexity index is 815. The second-order valence-corrected chi connectivity index (χ2v) is 8.13. The first kappa shape index (κ1) is 20.5. The predicted octanol–water partition coefficient (Wildman–Crippen LogP) is 1.89. The average molecular weight is 415 g/mol. The Morgan fingerprint density at radius 3 is 2.40 bits per heavy atom. The van der Waals surface area contributed by atoms with Gasteiger partial charge >= 0.3 is 0 Å². The van der Waals surface area contributed by atoms with Gasteiger partial charge in [0.2, 0.25) is 17.7 Å². The van der Waals surface area contributed by atoms with E-state index >= 15 is 0 Å². The van der Waals surface area contributed by atoms with Crippen LogP contribution in [0.5, 0.6) is 11.5 Å². The molecule has 8 heteroatoms. The van der Waals surface area contributed by atoms with Crippen molar-refractivity contribution in [2.75, 3.05) is 44.7 Å². The van der Waals surface area contributed by atoms with Crippen molar-refractivity contribution in [3.05, 3.63) is 18.2 Å². The van der Waals surface area contributed by atoms with Gasteiger partial charge in [0, 0.05) is 43.2 Å². The highest BCUT2D eigenvalue weighted by molar-refractivity contribution is 5.95. The molecule has 0 spiro atoms. The number of likely N-dealkylation sites (tertiary alicyclic amines) is 1. The van der Waals surface area contributed by atoms with Gasteiger partial charge in [-0.2, -0.15) is 0 Å². The second kappa shape index (κ2) is 8.93. The van der Waals surface area contributed by atoms with Crippen LogP contribution in [0.4, 0.5) is 5.69 Å². The lowest BCUT2D eigenvalue weighted by Crippen LogP contribution is -2.46. The molecule has 3 aliphatic rings. The third kappa shape index (κ3) is 4.68. The topological polar surface area (TPSA) is 88.2 Å². The van der Waals surface area contributed by atoms with Gasteiger partial charge in [-0.3, -0.25) is 14.4 Å². The number of nitrogens with zero attached hydrogens (tertiary/aromatic N) is 2. The van der Waals surface area contributed by atoms with E-state index in [-0.39, 0.29) is 36.1 Å². The van der Waals surface area contributed by atoms with Crippen LogP contribution in [0, 0.1) is 11.8 Å². The van der Waals surface area contributed by atoms with Gasteiger partial charge in [0.1, 0.15) is 13.2 Å². The van der Waals surface area contributed by atoms with Gasteiger partial charge in [0.15, 0.2) is 11.5 Å². The van der Waals surface area contributed by atoms with Crippen LogP contribution in [0.3, 0.4) is 0 Å². The summed E-state index contributed by atoms with van der Waals surface area (Å²) in [4.78, 5) is 41.2. The fourth-order valence-electron chi connectivity index (χ4n) is 4.03. The smallest absolute Gasteiger partial charge is 0.243 e. The van der Waals surface area contributed by atoms with Crippen molar-refractivity contribution in [2.24, 2.45) is 11.8 Å². The number of amides is 3. The van der Waals surface area contributed by atoms with Crippen LogP contribution in [0.25, 0.3) is 0 Å². The highest BCUT2D eigenvalue weighted by Gasteiger charge is 2.36. The number of hydrogen-bond donors (Lipinski definition) is 1. The minimum atomic E-state index is -0.247. The summed E-state index contributed by atoms with van der Waals surface area (Å²) < 4.78 is 11.0. The summed E-state index contributed by atoms with van der Waals surface area (Å²) in [7, 11) is 0. The van der Waals surface area contributed by atoms with Gasteiger partial charge in [-0.25, -0.2) is 0 Å². The van der Waals surface area contributed by atoms with E-state index in [1.54, 1.807) is 23.1 Å². The van der Waals surface area contributed by atoms with E-state index in [1.807, 2.05) is 11.8 Å². The summed E-state index contributed by atoms with van der Waals surface area (Å²) in [5.74, 6) is 1.35. The molecule has 30 heavy (non-hydrogen) atoms. The Morgan fingerprint density at radius 1 is 1.03 bits per heavy atom. The Labute approximate surface area is 176 Å². The number of likely N-dealkylation sites (N-methyl/N-ethyl adjacent to an activating group) is 1. The summed E-state index contributed by atoms with van der Waals surface area (Å²) in [6, 6.07) is 5.26. The van der Waals surface area contributed by atoms with Gasteiger partial charge in [-0.05, 0) is 44.7 Å². The molecule has 2 heterocycles. The molecule has 1 aromatic rings. The number of benzene rings is 1. The van der Waals surface area contributed by atoms with Crippen LogP contribution < -0.4 is 14.8 Å². The molecule has 1 N–H and O–H groups in total. The lowest BCUT2D eigenvalue weighted by molar-refractivity contribution is -0.142. The van der Waals surface area contributed by atoms with E-state index in [4.69, 9.17) is 9.47 Å². The number of ether oxygens (including phenoxy) is 2. The normalized spacial score (nSPS) is 18.6. The number of fused-ring (bicyclic) bond motifs is 1. The molecule has 1 saturated heterocycles. The molecule has 2 aliphatic heterocycles. The molecule has 0 unspecified atom stereocenters. The van der Waals surface area contributed by atoms with Crippen molar-refractivity contribution < 1.29 is 23.9 Å². The standard InChI is InChI=1S/C22H29N3O5/c1-2-24(21(27)16-7-9-25(10-8-16)22(28)15-3-4-15)14-20(26)23-17-5-6-18-19(13-17)30-12-11-29-18/h5-6,13,15-16H,2-4,7-12,14H2,1H3,(H,23,26). The Hall–Kier alpha value is -2.77. The summed E-state index contributed by atoms with van der Waals surface area (Å²) in [5, 5.41) is 2.83. The van der Waals surface area contributed by atoms with E-state index in [0.29, 0.717) is 62.9 Å². The van der Waals surface area contributed by atoms with Crippen molar-refractivity contribution in [2.45, 2.75) is 32.6 Å². The van der Waals surface area contributed by atoms with E-state index in [9.17, 15) is 14.4 Å². The fourth-order valence-corrected chi connectivity index (χ4v) is 4.03. The highest BCUT2D eigenvalue weighted by Crippen LogP contribution is 2.33. The van der Waals surface area contributed by atoms with Crippen LogP contribution in [0.2, 0.25) is 0 Å². The monoisotopic (exact) mass is 415 g/mol. The van der Waals surface area contributed by atoms with E-state index in [1.165, 1.54) is 0 Å². The van der Waals surface area contributed by atoms with Crippen LogP contribution in [0.1, 0.15) is 32.6 Å². The molecule has 1 aliphatic carbocycles. The third-order valence-electron chi connectivity index (χ3n) is 5.94. The molecule has 3 amide bonds. The SMILES string of the molecule is CCN(CC(=O)Nc1ccc2c(c1)OCCO2)C(=O)C1CCN(C(=O)C2CC2)CC1. The minimum Gasteiger partial charge on any atom is -0.486 e. The molecular formula is C22H29N3O5. The Balaban J connectivity index is 1.28. The zero-order chi connectivity index (χ0) is 21.1. The molecule has 0 bridgehead atoms. The maximum atomic E-state index is 12.9. The van der Waals surface area contributed by atoms with Crippen molar-refractivity contribution >= 4 is 23.4 Å². The molecule has 2 fully saturated rings. The molecule has 1 aromatic carbocycles. The molecule has 0 aromatic heterocycles. The summed E-state index contributed by atoms with van der Waals surface area (Å²) in [5.41, 5.74) is 0.611. The van der Waals surface area contributed by atoms with Crippen LogP contribution in [0.15, 0.2) is 18.2 Å². The highest BCUT2D eigenvalue weighted by atomic mass is 16.6. The number of carbonyl (C=O) groups is 3. The number of carbonyl (C=O) groups excluding carboxylic acids is 3. The number of piperidine rings is 1. The zero-order valence-corrected chi connectivity index (χ0v) is 17.4. The quantitative estimate of drug-likeness (QED) is 0.767. The second-order valence-electron chi connectivity index (χ2n) is 8.13. The summed E-state index contributed by atoms with van der Waals surface area (Å²) in [6.45, 7) is 4.60. The van der Waals surface area contributed by atoms with Gasteiger partial charge in [0.05, 0.1) is 6.54 Å². The average Bonchev–Trinajstić information content (AvgIpc) is 3.62. The fraction of sp³-hybridized carbons (Fsp3) is 0.591. The largest absolute Gasteiger partial charge is 0.486 e. The molecule has 162 valence electrons. The first-order valence-electron chi connectivity index (χ1n) is 10.8. The molecule has 1 saturated carbocycles. The molecule has 8 nitrogen and oxygen atoms in total. The predicted molar refractivity (Wildman–Crippen MR) is 110 cm³/mol. The Morgan fingerprint density at radius 2 is 1.73 bits per heavy atom. The van der Waals surface area contributed by atoms with Crippen LogP contribution in [-0.2, 0) is 14.4 Å². The van der Waals surface area contributed by atoms with Gasteiger partial charge < -0.3 is 24.6 Å². The first-order valence-corrected chi connectivity index (χ1v) is 10.8. The lowest BCUT2D eigenvalue weighted by Gasteiger charge is -2.34. The van der Waals surface area contributed by atoms with E-state index in [0.717, 1.165) is 12.8 Å². The van der Waals surface area contributed by atoms with Crippen molar-refractivity contribution in [3.8, 4) is 11.5 Å². The maximum Gasteiger partial charge on any atom is 0.243 e. The van der Waals surface area contributed by atoms with Crippen LogP contribution >= 0.6 is 0 Å². The lowest BCUT2D eigenvalue weighted by atomic mass is 9.95. The Kier molecular flexibility index (Phi) is 6.11. The molecular weight excluding hydrogens is 386 g/mol. The number of nitrogens with one attached hydrogen (secondary N) is 1. The third-order valence-corrected chi connectivity index (χ3v) is 5.94. The van der Waals surface area contributed by atoms with Gasteiger partial charge in [-0.1, -0.05) is 0 Å². The maximum absolute atomic E-state index is 12.9. The number of hydrogen-bond acceptors (Lipinski definition) is 5. The summed E-state index contributed by atoms with van der Waals surface area (Å²) >= 11 is 0. The summed E-state index contributed by atoms with van der Waals surface area (Å²) in [6.07, 6.45) is 3.33.